The summed E-state index contributed by atoms with van der Waals surface area (Å²) >= 11 is 0. The molecule has 0 aromatic heterocycles. The topological polar surface area (TPSA) is 55.4 Å². The zero-order chi connectivity index (χ0) is 20.7. The van der Waals surface area contributed by atoms with Crippen molar-refractivity contribution in [3.05, 3.63) is 70.8 Å². The Bertz CT molecular complexity index is 822. The van der Waals surface area contributed by atoms with Gasteiger partial charge < -0.3 is 10.1 Å². The van der Waals surface area contributed by atoms with Gasteiger partial charge in [-0.3, -0.25) is 4.79 Å². The van der Waals surface area contributed by atoms with Crippen LogP contribution < -0.4 is 5.32 Å². The van der Waals surface area contributed by atoms with Crippen LogP contribution in [-0.2, 0) is 14.3 Å². The number of para-hydroxylation sites is 1. The molecule has 2 aromatic rings. The van der Waals surface area contributed by atoms with E-state index in [4.69, 9.17) is 4.74 Å². The highest BCUT2D eigenvalue weighted by molar-refractivity contribution is 5.96. The minimum Gasteiger partial charge on any atom is -0.452 e. The maximum atomic E-state index is 12.4. The van der Waals surface area contributed by atoms with Gasteiger partial charge in [0.05, 0.1) is 0 Å². The second-order valence-corrected chi connectivity index (χ2v) is 7.52. The van der Waals surface area contributed by atoms with E-state index in [1.54, 1.807) is 6.08 Å². The lowest BCUT2D eigenvalue weighted by atomic mass is 9.92. The van der Waals surface area contributed by atoms with Gasteiger partial charge in [0.25, 0.3) is 5.91 Å². The molecule has 0 aliphatic heterocycles. The SMILES string of the molecule is Cc1ccc(C=CC(=O)OCC(=O)Nc2c(C(C)C)cccc2C(C)C)cc1. The van der Waals surface area contributed by atoms with E-state index >= 15 is 0 Å². The fourth-order valence-electron chi connectivity index (χ4n) is 2.90. The third kappa shape index (κ3) is 6.08. The van der Waals surface area contributed by atoms with Crippen molar-refractivity contribution in [3.8, 4) is 0 Å². The average molecular weight is 380 g/mol. The van der Waals surface area contributed by atoms with E-state index in [-0.39, 0.29) is 24.3 Å². The van der Waals surface area contributed by atoms with Gasteiger partial charge in [0.2, 0.25) is 0 Å². The summed E-state index contributed by atoms with van der Waals surface area (Å²) < 4.78 is 5.08. The molecule has 0 unspecified atom stereocenters. The largest absolute Gasteiger partial charge is 0.452 e. The van der Waals surface area contributed by atoms with E-state index in [1.807, 2.05) is 49.4 Å². The molecule has 2 aromatic carbocycles. The Morgan fingerprint density at radius 1 is 0.964 bits per heavy atom. The summed E-state index contributed by atoms with van der Waals surface area (Å²) in [5.74, 6) is -0.341. The molecule has 0 fully saturated rings. The van der Waals surface area contributed by atoms with Crippen molar-refractivity contribution in [2.45, 2.75) is 46.5 Å². The second kappa shape index (κ2) is 9.88. The van der Waals surface area contributed by atoms with Crippen LogP contribution in [0.3, 0.4) is 0 Å². The maximum absolute atomic E-state index is 12.4. The fraction of sp³-hybridized carbons (Fsp3) is 0.333. The number of ether oxygens (including phenoxy) is 1. The predicted octanol–water partition coefficient (Wildman–Crippen LogP) is 5.44. The van der Waals surface area contributed by atoms with E-state index in [1.165, 1.54) is 6.08 Å². The number of hydrogen-bond donors (Lipinski definition) is 1. The van der Waals surface area contributed by atoms with E-state index < -0.39 is 5.97 Å². The van der Waals surface area contributed by atoms with Crippen LogP contribution in [0.2, 0.25) is 0 Å². The Morgan fingerprint density at radius 2 is 1.54 bits per heavy atom. The van der Waals surface area contributed by atoms with Crippen molar-refractivity contribution in [1.29, 1.82) is 0 Å². The van der Waals surface area contributed by atoms with Gasteiger partial charge in [-0.1, -0.05) is 75.7 Å². The molecular formula is C24H29NO3. The van der Waals surface area contributed by atoms with Crippen molar-refractivity contribution in [1.82, 2.24) is 0 Å². The molecule has 1 N–H and O–H groups in total. The lowest BCUT2D eigenvalue weighted by Crippen LogP contribution is -2.22. The summed E-state index contributed by atoms with van der Waals surface area (Å²) in [6.07, 6.45) is 3.00. The monoisotopic (exact) mass is 379 g/mol. The summed E-state index contributed by atoms with van der Waals surface area (Å²) in [6.45, 7) is 10.0. The van der Waals surface area contributed by atoms with Crippen LogP contribution in [-0.4, -0.2) is 18.5 Å². The van der Waals surface area contributed by atoms with Gasteiger partial charge in [-0.25, -0.2) is 4.79 Å². The van der Waals surface area contributed by atoms with Crippen molar-refractivity contribution in [2.24, 2.45) is 0 Å². The van der Waals surface area contributed by atoms with Gasteiger partial charge in [0.15, 0.2) is 6.61 Å². The Hall–Kier alpha value is -2.88. The number of nitrogens with one attached hydrogen (secondary N) is 1. The smallest absolute Gasteiger partial charge is 0.331 e. The number of carbonyl (C=O) groups is 2. The average Bonchev–Trinajstić information content (AvgIpc) is 2.65. The Kier molecular flexibility index (Phi) is 7.56. The Morgan fingerprint density at radius 3 is 2.07 bits per heavy atom. The molecule has 28 heavy (non-hydrogen) atoms. The number of anilines is 1. The molecule has 0 bridgehead atoms. The van der Waals surface area contributed by atoms with Crippen LogP contribution in [0.4, 0.5) is 5.69 Å². The number of amides is 1. The molecule has 0 saturated carbocycles. The van der Waals surface area contributed by atoms with E-state index in [9.17, 15) is 9.59 Å². The van der Waals surface area contributed by atoms with Gasteiger partial charge in [0, 0.05) is 11.8 Å². The van der Waals surface area contributed by atoms with Gasteiger partial charge in [-0.15, -0.1) is 0 Å². The molecule has 0 atom stereocenters. The quantitative estimate of drug-likeness (QED) is 0.515. The lowest BCUT2D eigenvalue weighted by Gasteiger charge is -2.20. The van der Waals surface area contributed by atoms with Crippen LogP contribution in [0.5, 0.6) is 0 Å². The van der Waals surface area contributed by atoms with Crippen molar-refractivity contribution < 1.29 is 14.3 Å². The third-order valence-corrected chi connectivity index (χ3v) is 4.47. The zero-order valence-corrected chi connectivity index (χ0v) is 17.3. The normalized spacial score (nSPS) is 11.2. The first kappa shape index (κ1) is 21.4. The number of hydrogen-bond acceptors (Lipinski definition) is 3. The van der Waals surface area contributed by atoms with Gasteiger partial charge >= 0.3 is 5.97 Å². The molecule has 1 amide bonds. The summed E-state index contributed by atoms with van der Waals surface area (Å²) in [4.78, 5) is 24.3. The first-order chi connectivity index (χ1) is 13.3. The number of aryl methyl sites for hydroxylation is 1. The highest BCUT2D eigenvalue weighted by Gasteiger charge is 2.16. The molecule has 0 spiro atoms. The number of esters is 1. The Balaban J connectivity index is 1.99. The molecule has 0 aliphatic carbocycles. The minimum absolute atomic E-state index is 0.272. The van der Waals surface area contributed by atoms with Crippen molar-refractivity contribution in [2.75, 3.05) is 11.9 Å². The third-order valence-electron chi connectivity index (χ3n) is 4.47. The van der Waals surface area contributed by atoms with Crippen molar-refractivity contribution in [3.63, 3.8) is 0 Å². The van der Waals surface area contributed by atoms with Gasteiger partial charge in [0.1, 0.15) is 0 Å². The summed E-state index contributed by atoms with van der Waals surface area (Å²) in [7, 11) is 0. The second-order valence-electron chi connectivity index (χ2n) is 7.52. The Labute approximate surface area is 167 Å². The molecular weight excluding hydrogens is 350 g/mol. The van der Waals surface area contributed by atoms with E-state index in [0.717, 1.165) is 27.9 Å². The standard InChI is InChI=1S/C24H29NO3/c1-16(2)20-7-6-8-21(17(3)4)24(20)25-22(26)15-28-23(27)14-13-19-11-9-18(5)10-12-19/h6-14,16-17H,15H2,1-5H3,(H,25,26). The van der Waals surface area contributed by atoms with Crippen molar-refractivity contribution >= 4 is 23.6 Å². The summed E-state index contributed by atoms with van der Waals surface area (Å²) in [5.41, 5.74) is 5.03. The number of benzene rings is 2. The van der Waals surface area contributed by atoms with E-state index in [0.29, 0.717) is 0 Å². The molecule has 4 heteroatoms. The molecule has 0 saturated heterocycles. The van der Waals surface area contributed by atoms with Gasteiger partial charge in [-0.05, 0) is 41.5 Å². The van der Waals surface area contributed by atoms with Crippen LogP contribution in [0, 0.1) is 6.92 Å². The predicted molar refractivity (Wildman–Crippen MR) is 114 cm³/mol. The van der Waals surface area contributed by atoms with Crippen LogP contribution >= 0.6 is 0 Å². The van der Waals surface area contributed by atoms with Crippen LogP contribution in [0.25, 0.3) is 6.08 Å². The van der Waals surface area contributed by atoms with Crippen LogP contribution in [0.15, 0.2) is 48.5 Å². The minimum atomic E-state index is -0.544. The first-order valence-corrected chi connectivity index (χ1v) is 9.62. The number of rotatable bonds is 7. The van der Waals surface area contributed by atoms with Gasteiger partial charge in [-0.2, -0.15) is 0 Å². The molecule has 4 nitrogen and oxygen atoms in total. The zero-order valence-electron chi connectivity index (χ0n) is 17.3. The molecule has 148 valence electrons. The lowest BCUT2D eigenvalue weighted by molar-refractivity contribution is -0.142. The van der Waals surface area contributed by atoms with E-state index in [2.05, 4.69) is 33.0 Å². The summed E-state index contributed by atoms with van der Waals surface area (Å²) in [5, 5.41) is 2.94. The highest BCUT2D eigenvalue weighted by atomic mass is 16.5. The molecule has 2 rings (SSSR count). The highest BCUT2D eigenvalue weighted by Crippen LogP contribution is 2.32. The fourth-order valence-corrected chi connectivity index (χ4v) is 2.90. The molecule has 0 heterocycles. The molecule has 0 radical (unpaired) electrons. The molecule has 0 aliphatic rings. The summed E-state index contributed by atoms with van der Waals surface area (Å²) in [6, 6.07) is 13.8. The van der Waals surface area contributed by atoms with Crippen LogP contribution in [0.1, 0.15) is 61.8 Å². The maximum Gasteiger partial charge on any atom is 0.331 e. The first-order valence-electron chi connectivity index (χ1n) is 9.62. The number of carbonyl (C=O) groups excluding carboxylic acids is 2.